The van der Waals surface area contributed by atoms with Crippen LogP contribution in [0.15, 0.2) is 29.4 Å². The number of benzene rings is 1. The van der Waals surface area contributed by atoms with Gasteiger partial charge < -0.3 is 26.1 Å². The molecule has 0 unspecified atom stereocenters. The van der Waals surface area contributed by atoms with E-state index in [1.807, 2.05) is 0 Å². The largest absolute Gasteiger partial charge is 0.409 e. The van der Waals surface area contributed by atoms with Crippen LogP contribution in [0.4, 0.5) is 0 Å². The number of aliphatic hydroxyl groups is 2. The zero-order valence-electron chi connectivity index (χ0n) is 10.4. The van der Waals surface area contributed by atoms with Crippen LogP contribution in [0.25, 0.3) is 0 Å². The Morgan fingerprint density at radius 2 is 1.58 bits per heavy atom. The number of oxime groups is 1. The van der Waals surface area contributed by atoms with E-state index in [0.29, 0.717) is 11.1 Å². The molecule has 7 heteroatoms. The molecule has 0 atom stereocenters. The molecule has 0 aliphatic heterocycles. The molecule has 7 nitrogen and oxygen atoms in total. The number of aliphatic hydroxyl groups excluding tert-OH is 2. The molecule has 1 aromatic carbocycles. The van der Waals surface area contributed by atoms with Crippen molar-refractivity contribution in [3.8, 4) is 0 Å². The summed E-state index contributed by atoms with van der Waals surface area (Å²) in [5.41, 5.74) is 6.31. The van der Waals surface area contributed by atoms with Crippen LogP contribution in [0.2, 0.25) is 0 Å². The van der Waals surface area contributed by atoms with E-state index in [2.05, 4.69) is 5.16 Å². The molecule has 19 heavy (non-hydrogen) atoms. The fraction of sp³-hybridized carbons (Fsp3) is 0.333. The summed E-state index contributed by atoms with van der Waals surface area (Å²) in [6, 6.07) is 6.19. The van der Waals surface area contributed by atoms with Gasteiger partial charge in [0.15, 0.2) is 5.84 Å². The highest BCUT2D eigenvalue weighted by Crippen LogP contribution is 2.07. The Kier molecular flexibility index (Phi) is 5.77. The van der Waals surface area contributed by atoms with E-state index in [0.717, 1.165) is 0 Å². The first-order chi connectivity index (χ1) is 9.13. The van der Waals surface area contributed by atoms with Crippen LogP contribution in [0.1, 0.15) is 15.9 Å². The number of rotatable bonds is 6. The molecule has 0 saturated carbocycles. The van der Waals surface area contributed by atoms with E-state index in [9.17, 15) is 4.79 Å². The SMILES string of the molecule is N/C(=N/O)c1ccc(C(=O)N(CCO)CCO)cc1. The molecule has 0 aliphatic carbocycles. The summed E-state index contributed by atoms with van der Waals surface area (Å²) in [4.78, 5) is 13.4. The van der Waals surface area contributed by atoms with E-state index in [1.54, 1.807) is 12.1 Å². The second-order valence-electron chi connectivity index (χ2n) is 3.80. The summed E-state index contributed by atoms with van der Waals surface area (Å²) in [6.45, 7) is -0.0371. The topological polar surface area (TPSA) is 119 Å². The first kappa shape index (κ1) is 14.9. The van der Waals surface area contributed by atoms with Crippen LogP contribution in [-0.2, 0) is 0 Å². The van der Waals surface area contributed by atoms with Crippen molar-refractivity contribution in [2.24, 2.45) is 10.9 Å². The number of hydrogen-bond acceptors (Lipinski definition) is 5. The molecular formula is C12H17N3O4. The van der Waals surface area contributed by atoms with Gasteiger partial charge in [0.2, 0.25) is 0 Å². The fourth-order valence-corrected chi connectivity index (χ4v) is 1.58. The lowest BCUT2D eigenvalue weighted by atomic mass is 10.1. The zero-order valence-corrected chi connectivity index (χ0v) is 10.4. The van der Waals surface area contributed by atoms with Crippen molar-refractivity contribution in [2.45, 2.75) is 0 Å². The standard InChI is InChI=1S/C12H17N3O4/c13-11(14-19)9-1-3-10(4-2-9)12(18)15(5-7-16)6-8-17/h1-4,16-17,19H,5-8H2,(H2,13,14). The minimum Gasteiger partial charge on any atom is -0.409 e. The third-order valence-electron chi connectivity index (χ3n) is 2.56. The first-order valence-corrected chi connectivity index (χ1v) is 5.73. The van der Waals surface area contributed by atoms with E-state index in [1.165, 1.54) is 17.0 Å². The number of carbonyl (C=O) groups excluding carboxylic acids is 1. The third-order valence-corrected chi connectivity index (χ3v) is 2.56. The summed E-state index contributed by atoms with van der Waals surface area (Å²) in [5, 5.41) is 29.1. The van der Waals surface area contributed by atoms with E-state index in [4.69, 9.17) is 21.2 Å². The summed E-state index contributed by atoms with van der Waals surface area (Å²) >= 11 is 0. The summed E-state index contributed by atoms with van der Waals surface area (Å²) in [5.74, 6) is -0.337. The fourth-order valence-electron chi connectivity index (χ4n) is 1.58. The molecule has 0 aliphatic rings. The van der Waals surface area contributed by atoms with Crippen molar-refractivity contribution in [2.75, 3.05) is 26.3 Å². The second kappa shape index (κ2) is 7.34. The van der Waals surface area contributed by atoms with Crippen molar-refractivity contribution in [3.05, 3.63) is 35.4 Å². The van der Waals surface area contributed by atoms with Crippen LogP contribution in [0.3, 0.4) is 0 Å². The molecule has 0 fully saturated rings. The van der Waals surface area contributed by atoms with Gasteiger partial charge in [0, 0.05) is 24.2 Å². The molecule has 0 radical (unpaired) electrons. The molecule has 0 spiro atoms. The smallest absolute Gasteiger partial charge is 0.254 e. The maximum Gasteiger partial charge on any atom is 0.254 e. The lowest BCUT2D eigenvalue weighted by Gasteiger charge is -2.20. The monoisotopic (exact) mass is 267 g/mol. The van der Waals surface area contributed by atoms with E-state index < -0.39 is 0 Å². The van der Waals surface area contributed by atoms with Gasteiger partial charge in [-0.3, -0.25) is 4.79 Å². The normalized spacial score (nSPS) is 11.4. The Bertz CT molecular complexity index is 439. The van der Waals surface area contributed by atoms with Crippen LogP contribution in [0.5, 0.6) is 0 Å². The number of amides is 1. The van der Waals surface area contributed by atoms with Gasteiger partial charge in [-0.05, 0) is 12.1 Å². The van der Waals surface area contributed by atoms with Crippen molar-refractivity contribution < 1.29 is 20.2 Å². The Balaban J connectivity index is 2.87. The number of nitrogens with zero attached hydrogens (tertiary/aromatic N) is 2. The van der Waals surface area contributed by atoms with Crippen LogP contribution in [-0.4, -0.2) is 58.4 Å². The molecule has 104 valence electrons. The Labute approximate surface area is 110 Å². The lowest BCUT2D eigenvalue weighted by molar-refractivity contribution is 0.0685. The van der Waals surface area contributed by atoms with Crippen LogP contribution < -0.4 is 5.73 Å². The predicted octanol–water partition coefficient (Wildman–Crippen LogP) is -0.792. The zero-order chi connectivity index (χ0) is 14.3. The molecule has 1 rings (SSSR count). The molecule has 1 amide bonds. The maximum absolute atomic E-state index is 12.1. The minimum atomic E-state index is -0.297. The predicted molar refractivity (Wildman–Crippen MR) is 69.0 cm³/mol. The minimum absolute atomic E-state index is 0.0402. The van der Waals surface area contributed by atoms with Gasteiger partial charge in [-0.1, -0.05) is 17.3 Å². The van der Waals surface area contributed by atoms with Crippen molar-refractivity contribution in [1.82, 2.24) is 4.90 Å². The van der Waals surface area contributed by atoms with Gasteiger partial charge in [-0.15, -0.1) is 0 Å². The third kappa shape index (κ3) is 3.94. The molecule has 0 bridgehead atoms. The highest BCUT2D eigenvalue weighted by atomic mass is 16.4. The molecule has 0 heterocycles. The molecule has 0 aromatic heterocycles. The highest BCUT2D eigenvalue weighted by Gasteiger charge is 2.14. The molecule has 5 N–H and O–H groups in total. The quantitative estimate of drug-likeness (QED) is 0.233. The average molecular weight is 267 g/mol. The van der Waals surface area contributed by atoms with E-state index >= 15 is 0 Å². The number of nitrogens with two attached hydrogens (primary N) is 1. The second-order valence-corrected chi connectivity index (χ2v) is 3.80. The summed E-state index contributed by atoms with van der Waals surface area (Å²) < 4.78 is 0. The van der Waals surface area contributed by atoms with Gasteiger partial charge in [0.25, 0.3) is 5.91 Å². The van der Waals surface area contributed by atoms with Gasteiger partial charge in [-0.2, -0.15) is 0 Å². The highest BCUT2D eigenvalue weighted by molar-refractivity contribution is 5.99. The number of carbonyl (C=O) groups is 1. The molecule has 0 saturated heterocycles. The Morgan fingerprint density at radius 3 is 2.00 bits per heavy atom. The average Bonchev–Trinajstić information content (AvgIpc) is 2.45. The van der Waals surface area contributed by atoms with Crippen molar-refractivity contribution in [3.63, 3.8) is 0 Å². The Hall–Kier alpha value is -2.12. The maximum atomic E-state index is 12.1. The van der Waals surface area contributed by atoms with Gasteiger partial charge in [0.1, 0.15) is 0 Å². The number of hydrogen-bond donors (Lipinski definition) is 4. The van der Waals surface area contributed by atoms with Crippen molar-refractivity contribution in [1.29, 1.82) is 0 Å². The van der Waals surface area contributed by atoms with Gasteiger partial charge >= 0.3 is 0 Å². The lowest BCUT2D eigenvalue weighted by Crippen LogP contribution is -2.35. The van der Waals surface area contributed by atoms with E-state index in [-0.39, 0.29) is 38.0 Å². The summed E-state index contributed by atoms with van der Waals surface area (Å²) in [7, 11) is 0. The first-order valence-electron chi connectivity index (χ1n) is 5.73. The van der Waals surface area contributed by atoms with Crippen LogP contribution in [0, 0.1) is 0 Å². The molecular weight excluding hydrogens is 250 g/mol. The van der Waals surface area contributed by atoms with Gasteiger partial charge in [-0.25, -0.2) is 0 Å². The van der Waals surface area contributed by atoms with Crippen LogP contribution >= 0.6 is 0 Å². The molecule has 1 aromatic rings. The Morgan fingerprint density at radius 1 is 1.11 bits per heavy atom. The number of amidine groups is 1. The van der Waals surface area contributed by atoms with Crippen molar-refractivity contribution >= 4 is 11.7 Å². The summed E-state index contributed by atoms with van der Waals surface area (Å²) in [6.07, 6.45) is 0. The van der Waals surface area contributed by atoms with Gasteiger partial charge in [0.05, 0.1) is 13.2 Å².